The Morgan fingerprint density at radius 2 is 1.87 bits per heavy atom. The predicted molar refractivity (Wildman–Crippen MR) is 62.9 cm³/mol. The number of hydrogen-bond acceptors (Lipinski definition) is 2. The average molecular weight is 200 g/mol. The zero-order chi connectivity index (χ0) is 10.7. The summed E-state index contributed by atoms with van der Waals surface area (Å²) < 4.78 is 0. The third-order valence-corrected chi connectivity index (χ3v) is 2.72. The SMILES string of the molecule is CCCc1ccc2nccnc2c1CC. The average Bonchev–Trinajstić information content (AvgIpc) is 2.29. The second-order valence-electron chi connectivity index (χ2n) is 3.73. The molecule has 2 rings (SSSR count). The van der Waals surface area contributed by atoms with E-state index < -0.39 is 0 Å². The fourth-order valence-corrected chi connectivity index (χ4v) is 2.03. The van der Waals surface area contributed by atoms with Gasteiger partial charge in [0.05, 0.1) is 11.0 Å². The van der Waals surface area contributed by atoms with Crippen LogP contribution in [0.4, 0.5) is 0 Å². The van der Waals surface area contributed by atoms with Crippen molar-refractivity contribution < 1.29 is 0 Å². The first kappa shape index (κ1) is 10.1. The standard InChI is InChI=1S/C13H16N2/c1-3-5-10-6-7-12-13(11(10)4-2)15-9-8-14-12/h6-9H,3-5H2,1-2H3. The summed E-state index contributed by atoms with van der Waals surface area (Å²) >= 11 is 0. The molecule has 0 aliphatic heterocycles. The number of fused-ring (bicyclic) bond motifs is 1. The molecule has 0 N–H and O–H groups in total. The molecule has 1 heterocycles. The van der Waals surface area contributed by atoms with E-state index in [2.05, 4.69) is 35.9 Å². The third-order valence-electron chi connectivity index (χ3n) is 2.72. The van der Waals surface area contributed by atoms with E-state index in [4.69, 9.17) is 0 Å². The number of aromatic nitrogens is 2. The van der Waals surface area contributed by atoms with Crippen LogP contribution in [0, 0.1) is 0 Å². The fourth-order valence-electron chi connectivity index (χ4n) is 2.03. The number of aryl methyl sites for hydroxylation is 2. The van der Waals surface area contributed by atoms with Gasteiger partial charge in [0, 0.05) is 12.4 Å². The van der Waals surface area contributed by atoms with Crippen molar-refractivity contribution in [1.29, 1.82) is 0 Å². The molecular formula is C13H16N2. The third kappa shape index (κ3) is 1.84. The Balaban J connectivity index is 2.64. The zero-order valence-corrected chi connectivity index (χ0v) is 9.33. The van der Waals surface area contributed by atoms with E-state index in [0.717, 1.165) is 23.9 Å². The van der Waals surface area contributed by atoms with Crippen molar-refractivity contribution in [1.82, 2.24) is 9.97 Å². The number of hydrogen-bond donors (Lipinski definition) is 0. The number of nitrogens with zero attached hydrogens (tertiary/aromatic N) is 2. The van der Waals surface area contributed by atoms with Crippen molar-refractivity contribution in [2.24, 2.45) is 0 Å². The molecule has 0 radical (unpaired) electrons. The van der Waals surface area contributed by atoms with Crippen LogP contribution in [-0.2, 0) is 12.8 Å². The zero-order valence-electron chi connectivity index (χ0n) is 9.33. The molecule has 0 fully saturated rings. The molecule has 2 nitrogen and oxygen atoms in total. The summed E-state index contributed by atoms with van der Waals surface area (Å²) in [6.45, 7) is 4.39. The molecule has 0 amide bonds. The smallest absolute Gasteiger partial charge is 0.0921 e. The highest BCUT2D eigenvalue weighted by Crippen LogP contribution is 2.20. The van der Waals surface area contributed by atoms with Gasteiger partial charge in [-0.05, 0) is 30.0 Å². The minimum atomic E-state index is 1.01. The highest BCUT2D eigenvalue weighted by atomic mass is 14.8. The summed E-state index contributed by atoms with van der Waals surface area (Å²) in [7, 11) is 0. The Morgan fingerprint density at radius 3 is 2.60 bits per heavy atom. The second-order valence-corrected chi connectivity index (χ2v) is 3.73. The maximum atomic E-state index is 4.43. The van der Waals surface area contributed by atoms with Crippen LogP contribution >= 0.6 is 0 Å². The first-order valence-corrected chi connectivity index (χ1v) is 5.58. The minimum Gasteiger partial charge on any atom is -0.253 e. The lowest BCUT2D eigenvalue weighted by Crippen LogP contribution is -1.96. The molecule has 0 unspecified atom stereocenters. The summed E-state index contributed by atoms with van der Waals surface area (Å²) in [5, 5.41) is 0. The quantitative estimate of drug-likeness (QED) is 0.760. The molecular weight excluding hydrogens is 184 g/mol. The number of benzene rings is 1. The summed E-state index contributed by atoms with van der Waals surface area (Å²) in [5.41, 5.74) is 4.87. The maximum Gasteiger partial charge on any atom is 0.0921 e. The predicted octanol–water partition coefficient (Wildman–Crippen LogP) is 3.14. The molecule has 1 aromatic heterocycles. The van der Waals surface area contributed by atoms with Gasteiger partial charge in [-0.15, -0.1) is 0 Å². The lowest BCUT2D eigenvalue weighted by Gasteiger charge is -2.09. The number of rotatable bonds is 3. The van der Waals surface area contributed by atoms with Crippen LogP contribution in [0.25, 0.3) is 11.0 Å². The van der Waals surface area contributed by atoms with Crippen molar-refractivity contribution in [3.63, 3.8) is 0 Å². The van der Waals surface area contributed by atoms with E-state index in [1.165, 1.54) is 17.5 Å². The van der Waals surface area contributed by atoms with Crippen molar-refractivity contribution in [3.8, 4) is 0 Å². The Bertz CT molecular complexity index is 463. The maximum absolute atomic E-state index is 4.43. The van der Waals surface area contributed by atoms with Gasteiger partial charge in [0.25, 0.3) is 0 Å². The van der Waals surface area contributed by atoms with Gasteiger partial charge >= 0.3 is 0 Å². The molecule has 0 saturated carbocycles. The summed E-state index contributed by atoms with van der Waals surface area (Å²) in [6, 6.07) is 4.27. The first-order chi connectivity index (χ1) is 7.36. The first-order valence-electron chi connectivity index (χ1n) is 5.58. The minimum absolute atomic E-state index is 1.01. The van der Waals surface area contributed by atoms with E-state index in [-0.39, 0.29) is 0 Å². The Morgan fingerprint density at radius 1 is 1.07 bits per heavy atom. The molecule has 0 aliphatic rings. The summed E-state index contributed by atoms with van der Waals surface area (Å²) in [5.74, 6) is 0. The van der Waals surface area contributed by atoms with E-state index in [0.29, 0.717) is 0 Å². The van der Waals surface area contributed by atoms with Gasteiger partial charge in [-0.3, -0.25) is 9.97 Å². The largest absolute Gasteiger partial charge is 0.253 e. The van der Waals surface area contributed by atoms with Gasteiger partial charge in [-0.2, -0.15) is 0 Å². The molecule has 1 aromatic carbocycles. The monoisotopic (exact) mass is 200 g/mol. The molecule has 0 saturated heterocycles. The Hall–Kier alpha value is -1.44. The lowest BCUT2D eigenvalue weighted by atomic mass is 9.99. The van der Waals surface area contributed by atoms with Crippen molar-refractivity contribution in [2.75, 3.05) is 0 Å². The van der Waals surface area contributed by atoms with Crippen LogP contribution < -0.4 is 0 Å². The van der Waals surface area contributed by atoms with Crippen LogP contribution in [0.3, 0.4) is 0 Å². The lowest BCUT2D eigenvalue weighted by molar-refractivity contribution is 0.901. The highest BCUT2D eigenvalue weighted by Gasteiger charge is 2.06. The van der Waals surface area contributed by atoms with E-state index in [1.54, 1.807) is 12.4 Å². The van der Waals surface area contributed by atoms with Crippen molar-refractivity contribution in [3.05, 3.63) is 35.7 Å². The molecule has 2 aromatic rings. The van der Waals surface area contributed by atoms with E-state index in [1.807, 2.05) is 0 Å². The van der Waals surface area contributed by atoms with Crippen LogP contribution in [0.2, 0.25) is 0 Å². The molecule has 2 heteroatoms. The fraction of sp³-hybridized carbons (Fsp3) is 0.385. The van der Waals surface area contributed by atoms with Crippen molar-refractivity contribution >= 4 is 11.0 Å². The van der Waals surface area contributed by atoms with Crippen LogP contribution in [0.5, 0.6) is 0 Å². The second kappa shape index (κ2) is 4.39. The van der Waals surface area contributed by atoms with Gasteiger partial charge in [-0.1, -0.05) is 26.3 Å². The molecule has 0 spiro atoms. The van der Waals surface area contributed by atoms with E-state index in [9.17, 15) is 0 Å². The molecule has 15 heavy (non-hydrogen) atoms. The Kier molecular flexibility index (Phi) is 2.95. The summed E-state index contributed by atoms with van der Waals surface area (Å²) in [4.78, 5) is 8.76. The van der Waals surface area contributed by atoms with Gasteiger partial charge < -0.3 is 0 Å². The van der Waals surface area contributed by atoms with Crippen LogP contribution in [0.1, 0.15) is 31.4 Å². The highest BCUT2D eigenvalue weighted by molar-refractivity contribution is 5.79. The van der Waals surface area contributed by atoms with Gasteiger partial charge in [0.2, 0.25) is 0 Å². The normalized spacial score (nSPS) is 10.8. The van der Waals surface area contributed by atoms with Gasteiger partial charge in [0.15, 0.2) is 0 Å². The van der Waals surface area contributed by atoms with E-state index >= 15 is 0 Å². The van der Waals surface area contributed by atoms with Crippen LogP contribution in [-0.4, -0.2) is 9.97 Å². The molecule has 78 valence electrons. The van der Waals surface area contributed by atoms with Crippen molar-refractivity contribution in [2.45, 2.75) is 33.1 Å². The van der Waals surface area contributed by atoms with Crippen LogP contribution in [0.15, 0.2) is 24.5 Å². The Labute approximate surface area is 90.4 Å². The molecule has 0 bridgehead atoms. The summed E-state index contributed by atoms with van der Waals surface area (Å²) in [6.07, 6.45) is 6.87. The molecule has 0 atom stereocenters. The molecule has 0 aliphatic carbocycles. The topological polar surface area (TPSA) is 25.8 Å². The van der Waals surface area contributed by atoms with Gasteiger partial charge in [-0.25, -0.2) is 0 Å². The van der Waals surface area contributed by atoms with Gasteiger partial charge in [0.1, 0.15) is 0 Å².